The zero-order chi connectivity index (χ0) is 20.1. The number of hydrogen-bond donors (Lipinski definition) is 1. The molecular formula is C19H30N6O3. The highest BCUT2D eigenvalue weighted by atomic mass is 16.5. The van der Waals surface area contributed by atoms with E-state index >= 15 is 0 Å². The predicted molar refractivity (Wildman–Crippen MR) is 105 cm³/mol. The normalized spacial score (nSPS) is 17.2. The Morgan fingerprint density at radius 2 is 1.86 bits per heavy atom. The van der Waals surface area contributed by atoms with E-state index in [-0.39, 0.29) is 12.6 Å². The lowest BCUT2D eigenvalue weighted by Crippen LogP contribution is -2.48. The van der Waals surface area contributed by atoms with Crippen molar-refractivity contribution in [3.05, 3.63) is 17.1 Å². The molecule has 1 aromatic rings. The third-order valence-corrected chi connectivity index (χ3v) is 5.25. The van der Waals surface area contributed by atoms with Crippen LogP contribution >= 0.6 is 0 Å². The van der Waals surface area contributed by atoms with Crippen LogP contribution < -0.4 is 10.2 Å². The number of piperazine rings is 1. The van der Waals surface area contributed by atoms with E-state index in [1.165, 1.54) is 0 Å². The highest BCUT2D eigenvalue weighted by molar-refractivity contribution is 5.81. The first-order chi connectivity index (χ1) is 13.5. The van der Waals surface area contributed by atoms with Crippen molar-refractivity contribution in [2.45, 2.75) is 33.7 Å². The van der Waals surface area contributed by atoms with Crippen LogP contribution in [0.1, 0.15) is 30.9 Å². The molecule has 2 aliphatic rings. The summed E-state index contributed by atoms with van der Waals surface area (Å²) in [6.45, 7) is 12.0. The lowest BCUT2D eigenvalue weighted by Gasteiger charge is -2.37. The molecule has 3 rings (SSSR count). The van der Waals surface area contributed by atoms with Gasteiger partial charge in [0, 0.05) is 44.7 Å². The van der Waals surface area contributed by atoms with Crippen LogP contribution in [0.25, 0.3) is 0 Å². The maximum Gasteiger partial charge on any atom is 0.325 e. The molecule has 0 radical (unpaired) electrons. The Labute approximate surface area is 166 Å². The van der Waals surface area contributed by atoms with Gasteiger partial charge in [-0.15, -0.1) is 0 Å². The number of carbonyl (C=O) groups is 2. The third-order valence-electron chi connectivity index (χ3n) is 5.25. The van der Waals surface area contributed by atoms with Gasteiger partial charge in [-0.05, 0) is 20.4 Å². The van der Waals surface area contributed by atoms with Crippen molar-refractivity contribution in [1.82, 2.24) is 25.1 Å². The fraction of sp³-hybridized carbons (Fsp3) is 0.684. The molecule has 9 heteroatoms. The molecule has 0 atom stereocenters. The molecule has 3 heterocycles. The number of hydrogen-bond acceptors (Lipinski definition) is 7. The molecule has 0 bridgehead atoms. The zero-order valence-corrected chi connectivity index (χ0v) is 17.0. The first-order valence-electron chi connectivity index (χ1n) is 10.0. The molecule has 2 aliphatic heterocycles. The number of anilines is 1. The maximum absolute atomic E-state index is 12.5. The Hall–Kier alpha value is -2.42. The van der Waals surface area contributed by atoms with Gasteiger partial charge in [-0.3, -0.25) is 4.79 Å². The number of rotatable bonds is 5. The van der Waals surface area contributed by atoms with Gasteiger partial charge in [0.15, 0.2) is 0 Å². The van der Waals surface area contributed by atoms with E-state index in [9.17, 15) is 9.59 Å². The summed E-state index contributed by atoms with van der Waals surface area (Å²) in [5.74, 6) is 1.29. The molecule has 28 heavy (non-hydrogen) atoms. The molecule has 0 saturated carbocycles. The minimum atomic E-state index is -0.429. The second-order valence-corrected chi connectivity index (χ2v) is 7.08. The standard InChI is InChI=1S/C19H30N6O3/c1-4-23-8-10-24(11-9-23)18-15-13-25(7-6-16(15)21-14(3)22-18)19(27)20-12-17(26)28-5-2/h4-13H2,1-3H3,(H,20,27). The molecule has 0 aliphatic carbocycles. The maximum atomic E-state index is 12.5. The van der Waals surface area contributed by atoms with Crippen LogP contribution in [0.2, 0.25) is 0 Å². The monoisotopic (exact) mass is 390 g/mol. The van der Waals surface area contributed by atoms with Crippen LogP contribution in [0.3, 0.4) is 0 Å². The summed E-state index contributed by atoms with van der Waals surface area (Å²) in [5.41, 5.74) is 2.04. The van der Waals surface area contributed by atoms with Crippen molar-refractivity contribution in [1.29, 1.82) is 0 Å². The number of likely N-dealkylation sites (N-methyl/N-ethyl adjacent to an activating group) is 1. The number of fused-ring (bicyclic) bond motifs is 1. The molecule has 2 amide bonds. The zero-order valence-electron chi connectivity index (χ0n) is 17.0. The van der Waals surface area contributed by atoms with Crippen molar-refractivity contribution in [2.75, 3.05) is 57.3 Å². The van der Waals surface area contributed by atoms with Crippen LogP contribution in [0.15, 0.2) is 0 Å². The van der Waals surface area contributed by atoms with E-state index in [2.05, 4.69) is 27.0 Å². The Morgan fingerprint density at radius 1 is 1.11 bits per heavy atom. The summed E-state index contributed by atoms with van der Waals surface area (Å²) in [6.07, 6.45) is 0.688. The summed E-state index contributed by atoms with van der Waals surface area (Å²) < 4.78 is 4.86. The van der Waals surface area contributed by atoms with Gasteiger partial charge in [0.05, 0.1) is 18.8 Å². The molecule has 9 nitrogen and oxygen atoms in total. The van der Waals surface area contributed by atoms with Crippen LogP contribution in [0.5, 0.6) is 0 Å². The fourth-order valence-electron chi connectivity index (χ4n) is 3.70. The summed E-state index contributed by atoms with van der Waals surface area (Å²) >= 11 is 0. The third kappa shape index (κ3) is 4.70. The van der Waals surface area contributed by atoms with E-state index < -0.39 is 5.97 Å². The van der Waals surface area contributed by atoms with Gasteiger partial charge in [-0.2, -0.15) is 0 Å². The molecule has 1 aromatic heterocycles. The van der Waals surface area contributed by atoms with Crippen LogP contribution in [-0.2, 0) is 22.5 Å². The number of aromatic nitrogens is 2. The number of ether oxygens (including phenoxy) is 1. The van der Waals surface area contributed by atoms with E-state index in [0.717, 1.165) is 55.6 Å². The minimum absolute atomic E-state index is 0.119. The number of urea groups is 1. The molecule has 0 unspecified atom stereocenters. The predicted octanol–water partition coefficient (Wildman–Crippen LogP) is 0.558. The second-order valence-electron chi connectivity index (χ2n) is 7.08. The van der Waals surface area contributed by atoms with Gasteiger partial charge in [0.2, 0.25) is 0 Å². The highest BCUT2D eigenvalue weighted by Gasteiger charge is 2.28. The van der Waals surface area contributed by atoms with E-state index in [0.29, 0.717) is 26.1 Å². The molecule has 1 N–H and O–H groups in total. The largest absolute Gasteiger partial charge is 0.465 e. The minimum Gasteiger partial charge on any atom is -0.465 e. The van der Waals surface area contributed by atoms with E-state index in [1.807, 2.05) is 6.92 Å². The average Bonchev–Trinajstić information content (AvgIpc) is 2.71. The average molecular weight is 390 g/mol. The molecular weight excluding hydrogens is 360 g/mol. The van der Waals surface area contributed by atoms with Crippen LogP contribution in [0, 0.1) is 6.92 Å². The molecule has 154 valence electrons. The number of esters is 1. The number of amides is 2. The van der Waals surface area contributed by atoms with Crippen molar-refractivity contribution in [2.24, 2.45) is 0 Å². The second kappa shape index (κ2) is 9.18. The Kier molecular flexibility index (Phi) is 6.66. The van der Waals surface area contributed by atoms with Crippen molar-refractivity contribution >= 4 is 17.8 Å². The highest BCUT2D eigenvalue weighted by Crippen LogP contribution is 2.27. The molecule has 0 aromatic carbocycles. The van der Waals surface area contributed by atoms with E-state index in [4.69, 9.17) is 9.72 Å². The number of nitrogens with zero attached hydrogens (tertiary/aromatic N) is 5. The van der Waals surface area contributed by atoms with Gasteiger partial charge in [-0.25, -0.2) is 14.8 Å². The Morgan fingerprint density at radius 3 is 2.54 bits per heavy atom. The molecule has 0 spiro atoms. The van der Waals surface area contributed by atoms with Crippen LogP contribution in [-0.4, -0.2) is 84.2 Å². The van der Waals surface area contributed by atoms with Gasteiger partial charge in [0.1, 0.15) is 18.2 Å². The lowest BCUT2D eigenvalue weighted by molar-refractivity contribution is -0.141. The van der Waals surface area contributed by atoms with Gasteiger partial charge in [-0.1, -0.05) is 6.92 Å². The first-order valence-corrected chi connectivity index (χ1v) is 10.0. The summed E-state index contributed by atoms with van der Waals surface area (Å²) in [7, 11) is 0. The Bertz CT molecular complexity index is 718. The van der Waals surface area contributed by atoms with Gasteiger partial charge >= 0.3 is 12.0 Å². The lowest BCUT2D eigenvalue weighted by atomic mass is 10.1. The van der Waals surface area contributed by atoms with Crippen molar-refractivity contribution in [3.8, 4) is 0 Å². The number of carbonyl (C=O) groups excluding carboxylic acids is 2. The van der Waals surface area contributed by atoms with Crippen molar-refractivity contribution in [3.63, 3.8) is 0 Å². The van der Waals surface area contributed by atoms with E-state index in [1.54, 1.807) is 11.8 Å². The topological polar surface area (TPSA) is 90.9 Å². The SMILES string of the molecule is CCOC(=O)CNC(=O)N1CCc2nc(C)nc(N3CCN(CC)CC3)c2C1. The van der Waals surface area contributed by atoms with Gasteiger partial charge in [0.25, 0.3) is 0 Å². The fourth-order valence-corrected chi connectivity index (χ4v) is 3.70. The quantitative estimate of drug-likeness (QED) is 0.735. The summed E-state index contributed by atoms with van der Waals surface area (Å²) in [5, 5.41) is 2.64. The smallest absolute Gasteiger partial charge is 0.325 e. The summed E-state index contributed by atoms with van der Waals surface area (Å²) in [6, 6.07) is -0.263. The first kappa shape index (κ1) is 20.3. The number of nitrogens with one attached hydrogen (secondary N) is 1. The van der Waals surface area contributed by atoms with Crippen molar-refractivity contribution < 1.29 is 14.3 Å². The van der Waals surface area contributed by atoms with Crippen LogP contribution in [0.4, 0.5) is 10.6 Å². The summed E-state index contributed by atoms with van der Waals surface area (Å²) in [4.78, 5) is 39.8. The Balaban J connectivity index is 1.71. The number of aryl methyl sites for hydroxylation is 1. The van der Waals surface area contributed by atoms with Gasteiger partial charge < -0.3 is 24.8 Å². The molecule has 1 saturated heterocycles. The molecule has 1 fully saturated rings.